The molecule has 2 atom stereocenters. The van der Waals surface area contributed by atoms with E-state index < -0.39 is 0 Å². The lowest BCUT2D eigenvalue weighted by atomic mass is 9.63. The van der Waals surface area contributed by atoms with E-state index in [2.05, 4.69) is 44.9 Å². The molecule has 0 amide bonds. The Labute approximate surface area is 134 Å². The summed E-state index contributed by atoms with van der Waals surface area (Å²) in [6, 6.07) is 8.11. The summed E-state index contributed by atoms with van der Waals surface area (Å²) in [6.07, 6.45) is 3.64. The molecule has 1 aliphatic rings. The first-order valence-electron chi connectivity index (χ1n) is 7.95. The Morgan fingerprint density at radius 1 is 1.29 bits per heavy atom. The first-order valence-corrected chi connectivity index (χ1v) is 8.33. The summed E-state index contributed by atoms with van der Waals surface area (Å²) in [5, 5.41) is 0.848. The van der Waals surface area contributed by atoms with Gasteiger partial charge in [0.15, 0.2) is 0 Å². The molecule has 118 valence electrons. The van der Waals surface area contributed by atoms with Crippen molar-refractivity contribution >= 4 is 11.6 Å². The number of benzene rings is 1. The van der Waals surface area contributed by atoms with E-state index in [9.17, 15) is 0 Å². The molecule has 2 unspecified atom stereocenters. The molecule has 0 radical (unpaired) electrons. The van der Waals surface area contributed by atoms with Gasteiger partial charge in [0.1, 0.15) is 0 Å². The van der Waals surface area contributed by atoms with Crippen LogP contribution in [0.1, 0.15) is 45.6 Å². The van der Waals surface area contributed by atoms with Crippen LogP contribution in [0.15, 0.2) is 24.3 Å². The molecule has 21 heavy (non-hydrogen) atoms. The Balaban J connectivity index is 2.19. The Hall–Kier alpha value is -0.570. The molecule has 0 heterocycles. The number of nitrogens with zero attached hydrogens (tertiary/aromatic N) is 1. The molecule has 1 saturated carbocycles. The highest BCUT2D eigenvalue weighted by Gasteiger charge is 2.45. The van der Waals surface area contributed by atoms with Gasteiger partial charge >= 0.3 is 0 Å². The first-order chi connectivity index (χ1) is 9.81. The molecule has 1 aromatic carbocycles. The second-order valence-electron chi connectivity index (χ2n) is 7.52. The standard InChI is InChI=1S/C18H29ClN2/c1-14-11-17(2,3)9-10-18(14,13-20)21(4)12-15-7-5-6-8-16(15)19/h5-8,14H,9-13,20H2,1-4H3. The highest BCUT2D eigenvalue weighted by molar-refractivity contribution is 6.31. The van der Waals surface area contributed by atoms with Crippen LogP contribution in [-0.2, 0) is 6.54 Å². The largest absolute Gasteiger partial charge is 0.329 e. The van der Waals surface area contributed by atoms with Crippen molar-refractivity contribution in [3.63, 3.8) is 0 Å². The van der Waals surface area contributed by atoms with E-state index in [1.807, 2.05) is 12.1 Å². The molecule has 0 bridgehead atoms. The van der Waals surface area contributed by atoms with E-state index in [0.29, 0.717) is 17.9 Å². The fourth-order valence-corrected chi connectivity index (χ4v) is 4.18. The number of hydrogen-bond donors (Lipinski definition) is 1. The average molecular weight is 309 g/mol. The molecule has 0 aromatic heterocycles. The van der Waals surface area contributed by atoms with Crippen LogP contribution in [0.25, 0.3) is 0 Å². The monoisotopic (exact) mass is 308 g/mol. The number of nitrogens with two attached hydrogens (primary N) is 1. The fourth-order valence-electron chi connectivity index (χ4n) is 3.99. The van der Waals surface area contributed by atoms with Crippen LogP contribution in [0, 0.1) is 11.3 Å². The molecule has 3 heteroatoms. The van der Waals surface area contributed by atoms with Gasteiger partial charge < -0.3 is 5.73 Å². The van der Waals surface area contributed by atoms with E-state index in [1.54, 1.807) is 0 Å². The van der Waals surface area contributed by atoms with Crippen LogP contribution in [0.5, 0.6) is 0 Å². The number of halogens is 1. The summed E-state index contributed by atoms with van der Waals surface area (Å²) in [5.74, 6) is 0.596. The quantitative estimate of drug-likeness (QED) is 0.897. The van der Waals surface area contributed by atoms with Gasteiger partial charge in [-0.2, -0.15) is 0 Å². The smallest absolute Gasteiger partial charge is 0.0451 e. The lowest BCUT2D eigenvalue weighted by Crippen LogP contribution is -2.59. The predicted octanol–water partition coefficient (Wildman–Crippen LogP) is 4.32. The zero-order valence-electron chi connectivity index (χ0n) is 13.8. The molecule has 0 saturated heterocycles. The molecule has 2 rings (SSSR count). The van der Waals surface area contributed by atoms with Crippen molar-refractivity contribution in [1.82, 2.24) is 4.90 Å². The van der Waals surface area contributed by atoms with Crippen LogP contribution in [0.4, 0.5) is 0 Å². The van der Waals surface area contributed by atoms with Gasteiger partial charge in [0.25, 0.3) is 0 Å². The van der Waals surface area contributed by atoms with E-state index in [1.165, 1.54) is 24.8 Å². The van der Waals surface area contributed by atoms with E-state index in [-0.39, 0.29) is 5.54 Å². The molecule has 1 aliphatic carbocycles. The fraction of sp³-hybridized carbons (Fsp3) is 0.667. The van der Waals surface area contributed by atoms with Gasteiger partial charge in [-0.3, -0.25) is 4.90 Å². The maximum atomic E-state index is 6.32. The number of hydrogen-bond acceptors (Lipinski definition) is 2. The lowest BCUT2D eigenvalue weighted by molar-refractivity contribution is -0.0117. The van der Waals surface area contributed by atoms with Gasteiger partial charge in [-0.15, -0.1) is 0 Å². The zero-order valence-corrected chi connectivity index (χ0v) is 14.6. The van der Waals surface area contributed by atoms with Crippen molar-refractivity contribution < 1.29 is 0 Å². The normalized spacial score (nSPS) is 28.8. The molecule has 2 N–H and O–H groups in total. The van der Waals surface area contributed by atoms with E-state index >= 15 is 0 Å². The Kier molecular flexibility index (Phi) is 5.02. The van der Waals surface area contributed by atoms with Gasteiger partial charge in [-0.25, -0.2) is 0 Å². The second-order valence-corrected chi connectivity index (χ2v) is 7.93. The summed E-state index contributed by atoms with van der Waals surface area (Å²) < 4.78 is 0. The van der Waals surface area contributed by atoms with Crippen molar-refractivity contribution in [2.75, 3.05) is 13.6 Å². The maximum Gasteiger partial charge on any atom is 0.0451 e. The van der Waals surface area contributed by atoms with Crippen LogP contribution >= 0.6 is 11.6 Å². The third-order valence-electron chi connectivity index (χ3n) is 5.49. The third-order valence-corrected chi connectivity index (χ3v) is 5.86. The summed E-state index contributed by atoms with van der Waals surface area (Å²) in [6.45, 7) is 8.68. The van der Waals surface area contributed by atoms with Crippen molar-refractivity contribution in [1.29, 1.82) is 0 Å². The lowest BCUT2D eigenvalue weighted by Gasteiger charge is -2.52. The molecule has 0 spiro atoms. The molecule has 0 aliphatic heterocycles. The Morgan fingerprint density at radius 3 is 2.52 bits per heavy atom. The molecular formula is C18H29ClN2. The van der Waals surface area contributed by atoms with Crippen LogP contribution in [0.2, 0.25) is 5.02 Å². The topological polar surface area (TPSA) is 29.3 Å². The Morgan fingerprint density at radius 2 is 1.95 bits per heavy atom. The van der Waals surface area contributed by atoms with Crippen molar-refractivity contribution in [2.45, 2.75) is 52.1 Å². The molecular weight excluding hydrogens is 280 g/mol. The SMILES string of the molecule is CC1CC(C)(C)CCC1(CN)N(C)Cc1ccccc1Cl. The van der Waals surface area contributed by atoms with Gasteiger partial charge in [0, 0.05) is 23.7 Å². The molecule has 1 fully saturated rings. The van der Waals surface area contributed by atoms with Crippen molar-refractivity contribution in [3.8, 4) is 0 Å². The average Bonchev–Trinajstić information content (AvgIpc) is 2.41. The third kappa shape index (κ3) is 3.44. The number of likely N-dealkylation sites (N-methyl/N-ethyl adjacent to an activating group) is 1. The van der Waals surface area contributed by atoms with Gasteiger partial charge in [0.05, 0.1) is 0 Å². The minimum Gasteiger partial charge on any atom is -0.329 e. The number of rotatable bonds is 4. The molecule has 1 aromatic rings. The summed E-state index contributed by atoms with van der Waals surface area (Å²) in [4.78, 5) is 2.44. The van der Waals surface area contributed by atoms with Gasteiger partial charge in [0.2, 0.25) is 0 Å². The Bertz CT molecular complexity index is 486. The highest BCUT2D eigenvalue weighted by Crippen LogP contribution is 2.46. The summed E-state index contributed by atoms with van der Waals surface area (Å²) in [5.41, 5.74) is 7.95. The highest BCUT2D eigenvalue weighted by atomic mass is 35.5. The van der Waals surface area contributed by atoms with E-state index in [0.717, 1.165) is 11.6 Å². The van der Waals surface area contributed by atoms with E-state index in [4.69, 9.17) is 17.3 Å². The van der Waals surface area contributed by atoms with Crippen LogP contribution in [0.3, 0.4) is 0 Å². The minimum atomic E-state index is 0.0920. The molecule has 2 nitrogen and oxygen atoms in total. The predicted molar refractivity (Wildman–Crippen MR) is 91.5 cm³/mol. The van der Waals surface area contributed by atoms with Crippen molar-refractivity contribution in [2.24, 2.45) is 17.1 Å². The van der Waals surface area contributed by atoms with Crippen molar-refractivity contribution in [3.05, 3.63) is 34.9 Å². The first kappa shape index (κ1) is 16.8. The second kappa shape index (κ2) is 6.28. The van der Waals surface area contributed by atoms with Crippen LogP contribution in [-0.4, -0.2) is 24.0 Å². The van der Waals surface area contributed by atoms with Gasteiger partial charge in [-0.1, -0.05) is 50.6 Å². The summed E-state index contributed by atoms with van der Waals surface area (Å²) in [7, 11) is 2.20. The van der Waals surface area contributed by atoms with Gasteiger partial charge in [-0.05, 0) is 49.3 Å². The minimum absolute atomic E-state index is 0.0920. The van der Waals surface area contributed by atoms with Crippen LogP contribution < -0.4 is 5.73 Å². The maximum absolute atomic E-state index is 6.32. The summed E-state index contributed by atoms with van der Waals surface area (Å²) >= 11 is 6.32. The zero-order chi connectivity index (χ0) is 15.7.